The van der Waals surface area contributed by atoms with E-state index in [1.165, 1.54) is 19.3 Å². The van der Waals surface area contributed by atoms with Gasteiger partial charge in [-0.2, -0.15) is 0 Å². The third-order valence-corrected chi connectivity index (χ3v) is 3.13. The van der Waals surface area contributed by atoms with Crippen molar-refractivity contribution in [3.8, 4) is 0 Å². The van der Waals surface area contributed by atoms with Crippen molar-refractivity contribution < 1.29 is 0 Å². The Morgan fingerprint density at radius 2 is 2.13 bits per heavy atom. The molecular weight excluding hydrogens is 188 g/mol. The second-order valence-electron chi connectivity index (χ2n) is 4.17. The molecule has 0 aliphatic heterocycles. The highest BCUT2D eigenvalue weighted by atomic mass is 15.2. The van der Waals surface area contributed by atoms with Crippen molar-refractivity contribution in [2.45, 2.75) is 38.3 Å². The molecule has 1 saturated carbocycles. The molecule has 0 aromatic carbocycles. The topological polar surface area (TPSA) is 55.0 Å². The standard InChI is InChI=1S/C11H18N4/c1-9(5-12)15(10-3-2-4-10)11-6-13-8-14-7-11/h6-10H,2-5,12H2,1H3. The van der Waals surface area contributed by atoms with E-state index in [0.717, 1.165) is 5.69 Å². The Labute approximate surface area is 90.5 Å². The lowest BCUT2D eigenvalue weighted by atomic mass is 9.90. The first-order valence-electron chi connectivity index (χ1n) is 5.56. The summed E-state index contributed by atoms with van der Waals surface area (Å²) >= 11 is 0. The minimum atomic E-state index is 0.362. The van der Waals surface area contributed by atoms with Crippen LogP contribution in [-0.2, 0) is 0 Å². The van der Waals surface area contributed by atoms with Gasteiger partial charge >= 0.3 is 0 Å². The monoisotopic (exact) mass is 206 g/mol. The van der Waals surface area contributed by atoms with Crippen LogP contribution in [0.2, 0.25) is 0 Å². The Bertz CT molecular complexity index is 292. The SMILES string of the molecule is CC(CN)N(c1cncnc1)C1CCC1. The minimum absolute atomic E-state index is 0.362. The van der Waals surface area contributed by atoms with E-state index >= 15 is 0 Å². The van der Waals surface area contributed by atoms with Crippen molar-refractivity contribution in [1.29, 1.82) is 0 Å². The molecule has 4 heteroatoms. The average Bonchev–Trinajstić information content (AvgIpc) is 2.23. The largest absolute Gasteiger partial charge is 0.362 e. The average molecular weight is 206 g/mol. The molecule has 82 valence electrons. The van der Waals surface area contributed by atoms with Crippen LogP contribution >= 0.6 is 0 Å². The molecule has 4 nitrogen and oxygen atoms in total. The Morgan fingerprint density at radius 1 is 1.47 bits per heavy atom. The third kappa shape index (κ3) is 2.09. The van der Waals surface area contributed by atoms with E-state index < -0.39 is 0 Å². The Balaban J connectivity index is 2.18. The summed E-state index contributed by atoms with van der Waals surface area (Å²) in [6.45, 7) is 2.83. The quantitative estimate of drug-likeness (QED) is 0.803. The van der Waals surface area contributed by atoms with Gasteiger partial charge in [-0.1, -0.05) is 0 Å². The summed E-state index contributed by atoms with van der Waals surface area (Å²) in [7, 11) is 0. The molecule has 1 aromatic rings. The van der Waals surface area contributed by atoms with Gasteiger partial charge in [0.25, 0.3) is 0 Å². The van der Waals surface area contributed by atoms with Crippen LogP contribution < -0.4 is 10.6 Å². The molecule has 0 saturated heterocycles. The van der Waals surface area contributed by atoms with Gasteiger partial charge in [-0.25, -0.2) is 9.97 Å². The van der Waals surface area contributed by atoms with Gasteiger partial charge in [0.15, 0.2) is 0 Å². The molecule has 0 amide bonds. The van der Waals surface area contributed by atoms with Crippen LogP contribution in [0.4, 0.5) is 5.69 Å². The van der Waals surface area contributed by atoms with E-state index in [4.69, 9.17) is 5.73 Å². The Hall–Kier alpha value is -1.16. The molecule has 1 unspecified atom stereocenters. The predicted molar refractivity (Wildman–Crippen MR) is 60.7 cm³/mol. The van der Waals surface area contributed by atoms with Crippen molar-refractivity contribution >= 4 is 5.69 Å². The lowest BCUT2D eigenvalue weighted by Crippen LogP contribution is -2.48. The molecule has 1 aliphatic rings. The van der Waals surface area contributed by atoms with E-state index in [1.807, 2.05) is 12.4 Å². The van der Waals surface area contributed by atoms with Gasteiger partial charge in [-0.3, -0.25) is 0 Å². The van der Waals surface area contributed by atoms with Crippen LogP contribution in [0, 0.1) is 0 Å². The normalized spacial score (nSPS) is 18.3. The van der Waals surface area contributed by atoms with Crippen LogP contribution in [0.25, 0.3) is 0 Å². The predicted octanol–water partition coefficient (Wildman–Crippen LogP) is 1.18. The van der Waals surface area contributed by atoms with Crippen LogP contribution in [-0.4, -0.2) is 28.6 Å². The van der Waals surface area contributed by atoms with Gasteiger partial charge in [0, 0.05) is 18.6 Å². The lowest BCUT2D eigenvalue weighted by molar-refractivity contribution is 0.364. The molecule has 1 aromatic heterocycles. The fraction of sp³-hybridized carbons (Fsp3) is 0.636. The summed E-state index contributed by atoms with van der Waals surface area (Å²) in [5, 5.41) is 0. The van der Waals surface area contributed by atoms with Crippen LogP contribution in [0.5, 0.6) is 0 Å². The smallest absolute Gasteiger partial charge is 0.115 e. The highest BCUT2D eigenvalue weighted by Crippen LogP contribution is 2.30. The number of rotatable bonds is 4. The number of hydrogen-bond donors (Lipinski definition) is 1. The van der Waals surface area contributed by atoms with Gasteiger partial charge in [-0.05, 0) is 26.2 Å². The molecule has 15 heavy (non-hydrogen) atoms. The van der Waals surface area contributed by atoms with Crippen LogP contribution in [0.3, 0.4) is 0 Å². The van der Waals surface area contributed by atoms with E-state index in [9.17, 15) is 0 Å². The lowest BCUT2D eigenvalue weighted by Gasteiger charge is -2.42. The van der Waals surface area contributed by atoms with Gasteiger partial charge in [-0.15, -0.1) is 0 Å². The van der Waals surface area contributed by atoms with E-state index in [-0.39, 0.29) is 0 Å². The number of nitrogens with zero attached hydrogens (tertiary/aromatic N) is 3. The zero-order chi connectivity index (χ0) is 10.7. The molecule has 2 rings (SSSR count). The van der Waals surface area contributed by atoms with Crippen LogP contribution in [0.15, 0.2) is 18.7 Å². The number of anilines is 1. The summed E-state index contributed by atoms with van der Waals surface area (Å²) in [5.74, 6) is 0. The van der Waals surface area contributed by atoms with Crippen LogP contribution in [0.1, 0.15) is 26.2 Å². The maximum atomic E-state index is 5.74. The zero-order valence-electron chi connectivity index (χ0n) is 9.13. The number of aromatic nitrogens is 2. The first-order chi connectivity index (χ1) is 7.33. The molecule has 1 heterocycles. The second kappa shape index (κ2) is 4.57. The van der Waals surface area contributed by atoms with Crippen molar-refractivity contribution in [2.75, 3.05) is 11.4 Å². The fourth-order valence-electron chi connectivity index (χ4n) is 2.03. The molecule has 1 fully saturated rings. The molecule has 0 bridgehead atoms. The first kappa shape index (κ1) is 10.4. The Morgan fingerprint density at radius 3 is 2.60 bits per heavy atom. The molecule has 2 N–H and O–H groups in total. The summed E-state index contributed by atoms with van der Waals surface area (Å²) in [6.07, 6.45) is 9.16. The maximum Gasteiger partial charge on any atom is 0.115 e. The minimum Gasteiger partial charge on any atom is -0.362 e. The van der Waals surface area contributed by atoms with Gasteiger partial charge in [0.1, 0.15) is 6.33 Å². The molecular formula is C11H18N4. The summed E-state index contributed by atoms with van der Waals surface area (Å²) in [5.41, 5.74) is 6.84. The molecule has 1 atom stereocenters. The van der Waals surface area contributed by atoms with Gasteiger partial charge in [0.2, 0.25) is 0 Å². The highest BCUT2D eigenvalue weighted by molar-refractivity contribution is 5.44. The molecule has 1 aliphatic carbocycles. The van der Waals surface area contributed by atoms with Gasteiger partial charge < -0.3 is 10.6 Å². The summed E-state index contributed by atoms with van der Waals surface area (Å²) in [4.78, 5) is 10.5. The van der Waals surface area contributed by atoms with Crippen molar-refractivity contribution in [1.82, 2.24) is 9.97 Å². The maximum absolute atomic E-state index is 5.74. The first-order valence-corrected chi connectivity index (χ1v) is 5.56. The second-order valence-corrected chi connectivity index (χ2v) is 4.17. The molecule has 0 radical (unpaired) electrons. The molecule has 0 spiro atoms. The Kier molecular flexibility index (Phi) is 3.16. The van der Waals surface area contributed by atoms with E-state index in [0.29, 0.717) is 18.6 Å². The summed E-state index contributed by atoms with van der Waals surface area (Å²) < 4.78 is 0. The van der Waals surface area contributed by atoms with Gasteiger partial charge in [0.05, 0.1) is 18.1 Å². The third-order valence-electron chi connectivity index (χ3n) is 3.13. The highest BCUT2D eigenvalue weighted by Gasteiger charge is 2.28. The summed E-state index contributed by atoms with van der Waals surface area (Å²) in [6, 6.07) is 0.996. The van der Waals surface area contributed by atoms with E-state index in [1.54, 1.807) is 6.33 Å². The number of hydrogen-bond acceptors (Lipinski definition) is 4. The number of nitrogens with two attached hydrogens (primary N) is 1. The van der Waals surface area contributed by atoms with Crippen molar-refractivity contribution in [3.63, 3.8) is 0 Å². The van der Waals surface area contributed by atoms with Crippen molar-refractivity contribution in [2.24, 2.45) is 5.73 Å². The van der Waals surface area contributed by atoms with E-state index in [2.05, 4.69) is 21.8 Å². The fourth-order valence-corrected chi connectivity index (χ4v) is 2.03. The van der Waals surface area contributed by atoms with Crippen molar-refractivity contribution in [3.05, 3.63) is 18.7 Å². The zero-order valence-corrected chi connectivity index (χ0v) is 9.13.